The zero-order valence-electron chi connectivity index (χ0n) is 13.4. The number of halogens is 2. The number of hydrogen-bond acceptors (Lipinski definition) is 3. The monoisotopic (exact) mass is 356 g/mol. The molecule has 0 unspecified atom stereocenters. The smallest absolute Gasteiger partial charge is 0.326 e. The van der Waals surface area contributed by atoms with Gasteiger partial charge in [-0.2, -0.15) is 0 Å². The van der Waals surface area contributed by atoms with Gasteiger partial charge in [0, 0.05) is 23.1 Å². The average Bonchev–Trinajstić information content (AvgIpc) is 2.63. The van der Waals surface area contributed by atoms with Crippen LogP contribution in [-0.2, 0) is 11.2 Å². The lowest BCUT2D eigenvalue weighted by Gasteiger charge is -2.14. The summed E-state index contributed by atoms with van der Waals surface area (Å²) >= 11 is 0. The first-order valence-corrected chi connectivity index (χ1v) is 7.77. The Morgan fingerprint density at radius 3 is 2.54 bits per heavy atom. The van der Waals surface area contributed by atoms with Gasteiger partial charge < -0.3 is 10.4 Å². The number of carboxylic acids is 1. The lowest BCUT2D eigenvalue weighted by molar-refractivity contribution is -0.139. The van der Waals surface area contributed by atoms with E-state index < -0.39 is 29.6 Å². The third-order valence-corrected chi connectivity index (χ3v) is 3.85. The van der Waals surface area contributed by atoms with Crippen molar-refractivity contribution in [3.05, 3.63) is 77.5 Å². The van der Waals surface area contributed by atoms with Crippen LogP contribution in [0.4, 0.5) is 8.78 Å². The number of para-hydroxylation sites is 1. The van der Waals surface area contributed by atoms with E-state index in [4.69, 9.17) is 0 Å². The fourth-order valence-electron chi connectivity index (χ4n) is 2.51. The van der Waals surface area contributed by atoms with Crippen LogP contribution in [0.15, 0.2) is 54.6 Å². The Labute approximate surface area is 147 Å². The minimum absolute atomic E-state index is 0.0460. The van der Waals surface area contributed by atoms with Crippen LogP contribution in [0.1, 0.15) is 16.1 Å². The predicted molar refractivity (Wildman–Crippen MR) is 90.7 cm³/mol. The van der Waals surface area contributed by atoms with Gasteiger partial charge >= 0.3 is 5.97 Å². The first-order valence-electron chi connectivity index (χ1n) is 7.77. The van der Waals surface area contributed by atoms with Crippen molar-refractivity contribution in [1.29, 1.82) is 0 Å². The summed E-state index contributed by atoms with van der Waals surface area (Å²) in [4.78, 5) is 28.0. The molecule has 0 spiro atoms. The van der Waals surface area contributed by atoms with Gasteiger partial charge in [0.05, 0.1) is 5.52 Å². The molecule has 0 saturated heterocycles. The number of carbonyl (C=O) groups excluding carboxylic acids is 1. The van der Waals surface area contributed by atoms with Crippen LogP contribution < -0.4 is 5.32 Å². The third-order valence-electron chi connectivity index (χ3n) is 3.85. The standard InChI is InChI=1S/C19H14F2N2O3/c20-14-8-6-12(9-15(14)21)18(24)23-17(19(25)26)10-13-7-5-11-3-1-2-4-16(11)22-13/h1-9,17H,10H2,(H,23,24)(H,25,26)/t17-/m1/s1. The number of amides is 1. The predicted octanol–water partition coefficient (Wildman–Crippen LogP) is 2.94. The van der Waals surface area contributed by atoms with Crippen molar-refractivity contribution >= 4 is 22.8 Å². The number of carboxylic acid groups (broad SMARTS) is 1. The number of hydrogen-bond donors (Lipinski definition) is 2. The molecule has 0 fully saturated rings. The van der Waals surface area contributed by atoms with Gasteiger partial charge in [-0.1, -0.05) is 24.3 Å². The van der Waals surface area contributed by atoms with Crippen molar-refractivity contribution in [2.24, 2.45) is 0 Å². The minimum Gasteiger partial charge on any atom is -0.480 e. The van der Waals surface area contributed by atoms with E-state index >= 15 is 0 Å². The van der Waals surface area contributed by atoms with Gasteiger partial charge in [-0.25, -0.2) is 13.6 Å². The molecule has 0 bridgehead atoms. The molecule has 5 nitrogen and oxygen atoms in total. The molecule has 7 heteroatoms. The Kier molecular flexibility index (Phi) is 4.88. The fraction of sp³-hybridized carbons (Fsp3) is 0.105. The molecule has 26 heavy (non-hydrogen) atoms. The number of carbonyl (C=O) groups is 2. The molecule has 2 N–H and O–H groups in total. The van der Waals surface area contributed by atoms with E-state index in [1.807, 2.05) is 24.3 Å². The number of pyridine rings is 1. The molecule has 1 aromatic heterocycles. The normalized spacial score (nSPS) is 11.9. The number of fused-ring (bicyclic) bond motifs is 1. The Morgan fingerprint density at radius 1 is 1.04 bits per heavy atom. The lowest BCUT2D eigenvalue weighted by Crippen LogP contribution is -2.42. The van der Waals surface area contributed by atoms with E-state index in [-0.39, 0.29) is 12.0 Å². The topological polar surface area (TPSA) is 79.3 Å². The van der Waals surface area contributed by atoms with E-state index in [2.05, 4.69) is 10.3 Å². The van der Waals surface area contributed by atoms with Crippen molar-refractivity contribution in [2.75, 3.05) is 0 Å². The first-order chi connectivity index (χ1) is 12.4. The molecule has 3 aromatic rings. The number of nitrogens with one attached hydrogen (secondary N) is 1. The van der Waals surface area contributed by atoms with Gasteiger partial charge in [-0.05, 0) is 30.3 Å². The average molecular weight is 356 g/mol. The molecular weight excluding hydrogens is 342 g/mol. The summed E-state index contributed by atoms with van der Waals surface area (Å²) in [5, 5.41) is 12.6. The second-order valence-electron chi connectivity index (χ2n) is 5.69. The molecule has 0 aliphatic heterocycles. The minimum atomic E-state index is -1.26. The van der Waals surface area contributed by atoms with E-state index in [0.717, 1.165) is 23.6 Å². The number of rotatable bonds is 5. The highest BCUT2D eigenvalue weighted by Crippen LogP contribution is 2.14. The second-order valence-corrected chi connectivity index (χ2v) is 5.69. The summed E-state index contributed by atoms with van der Waals surface area (Å²) in [6, 6.07) is 12.2. The first kappa shape index (κ1) is 17.5. The zero-order chi connectivity index (χ0) is 18.7. The molecule has 0 saturated carbocycles. The van der Waals surface area contributed by atoms with Crippen molar-refractivity contribution in [3.8, 4) is 0 Å². The zero-order valence-corrected chi connectivity index (χ0v) is 13.4. The Balaban J connectivity index is 1.78. The van der Waals surface area contributed by atoms with E-state index in [1.165, 1.54) is 0 Å². The van der Waals surface area contributed by atoms with E-state index in [0.29, 0.717) is 11.2 Å². The summed E-state index contributed by atoms with van der Waals surface area (Å²) < 4.78 is 26.2. The van der Waals surface area contributed by atoms with Crippen molar-refractivity contribution in [3.63, 3.8) is 0 Å². The Hall–Kier alpha value is -3.35. The largest absolute Gasteiger partial charge is 0.480 e. The summed E-state index contributed by atoms with van der Waals surface area (Å²) in [6.07, 6.45) is -0.0460. The van der Waals surface area contributed by atoms with Gasteiger partial charge in [0.25, 0.3) is 5.91 Å². The van der Waals surface area contributed by atoms with Crippen molar-refractivity contribution < 1.29 is 23.5 Å². The maximum absolute atomic E-state index is 13.2. The molecule has 0 aliphatic rings. The summed E-state index contributed by atoms with van der Waals surface area (Å²) in [5.41, 5.74) is 1.03. The van der Waals surface area contributed by atoms with Gasteiger partial charge in [0.15, 0.2) is 11.6 Å². The van der Waals surface area contributed by atoms with Crippen LogP contribution in [0.25, 0.3) is 10.9 Å². The Morgan fingerprint density at radius 2 is 1.81 bits per heavy atom. The van der Waals surface area contributed by atoms with Crippen molar-refractivity contribution in [1.82, 2.24) is 10.3 Å². The number of aliphatic carboxylic acids is 1. The third kappa shape index (κ3) is 3.83. The van der Waals surface area contributed by atoms with Gasteiger partial charge in [-0.3, -0.25) is 9.78 Å². The molecule has 2 aromatic carbocycles. The number of benzene rings is 2. The van der Waals surface area contributed by atoms with Crippen LogP contribution in [0, 0.1) is 11.6 Å². The maximum Gasteiger partial charge on any atom is 0.326 e. The number of nitrogens with zero attached hydrogens (tertiary/aromatic N) is 1. The molecule has 3 rings (SSSR count). The quantitative estimate of drug-likeness (QED) is 0.737. The highest BCUT2D eigenvalue weighted by Gasteiger charge is 2.22. The molecule has 132 valence electrons. The van der Waals surface area contributed by atoms with Crippen LogP contribution in [-0.4, -0.2) is 28.0 Å². The maximum atomic E-state index is 13.2. The summed E-state index contributed by atoms with van der Waals surface area (Å²) in [6.45, 7) is 0. The molecule has 0 aliphatic carbocycles. The van der Waals surface area contributed by atoms with Gasteiger partial charge in [-0.15, -0.1) is 0 Å². The van der Waals surface area contributed by atoms with Crippen molar-refractivity contribution in [2.45, 2.75) is 12.5 Å². The Bertz CT molecular complexity index is 991. The molecule has 0 radical (unpaired) electrons. The van der Waals surface area contributed by atoms with Crippen LogP contribution in [0.3, 0.4) is 0 Å². The van der Waals surface area contributed by atoms with Gasteiger partial charge in [0.1, 0.15) is 6.04 Å². The SMILES string of the molecule is O=C(N[C@H](Cc1ccc2ccccc2n1)C(=O)O)c1ccc(F)c(F)c1. The van der Waals surface area contributed by atoms with Gasteiger partial charge in [0.2, 0.25) is 0 Å². The fourth-order valence-corrected chi connectivity index (χ4v) is 2.51. The molecule has 1 amide bonds. The van der Waals surface area contributed by atoms with E-state index in [9.17, 15) is 23.5 Å². The molecular formula is C19H14F2N2O3. The highest BCUT2D eigenvalue weighted by atomic mass is 19.2. The van der Waals surface area contributed by atoms with Crippen LogP contribution >= 0.6 is 0 Å². The molecule has 1 heterocycles. The van der Waals surface area contributed by atoms with Crippen LogP contribution in [0.5, 0.6) is 0 Å². The summed E-state index contributed by atoms with van der Waals surface area (Å²) in [5.74, 6) is -4.33. The molecule has 1 atom stereocenters. The number of aromatic nitrogens is 1. The summed E-state index contributed by atoms with van der Waals surface area (Å²) in [7, 11) is 0. The highest BCUT2D eigenvalue weighted by molar-refractivity contribution is 5.96. The van der Waals surface area contributed by atoms with E-state index in [1.54, 1.807) is 12.1 Å². The van der Waals surface area contributed by atoms with Crippen LogP contribution in [0.2, 0.25) is 0 Å². The lowest BCUT2D eigenvalue weighted by atomic mass is 10.1. The second kappa shape index (κ2) is 7.26.